The predicted octanol–water partition coefficient (Wildman–Crippen LogP) is 5.77. The molecule has 1 aliphatic heterocycles. The molecule has 2 aromatic carbocycles. The van der Waals surface area contributed by atoms with Gasteiger partial charge in [-0.1, -0.05) is 30.7 Å². The highest BCUT2D eigenvalue weighted by Crippen LogP contribution is 2.43. The van der Waals surface area contributed by atoms with Gasteiger partial charge in [0, 0.05) is 22.5 Å². The number of carbonyl (C=O) groups excluding carboxylic acids is 2. The fraction of sp³-hybridized carbons (Fsp3) is 0.222. The minimum Gasteiger partial charge on any atom is -0.507 e. The van der Waals surface area contributed by atoms with Crippen LogP contribution in [-0.4, -0.2) is 28.4 Å². The molecule has 0 spiro atoms. The van der Waals surface area contributed by atoms with E-state index in [4.69, 9.17) is 16.3 Å². The molecule has 1 atom stereocenters. The highest BCUT2D eigenvalue weighted by Gasteiger charge is 2.48. The highest BCUT2D eigenvalue weighted by molar-refractivity contribution is 6.52. The Morgan fingerprint density at radius 3 is 2.56 bits per heavy atom. The molecule has 7 heteroatoms. The third kappa shape index (κ3) is 4.29. The molecule has 3 aromatic rings. The molecule has 1 unspecified atom stereocenters. The maximum absolute atomic E-state index is 13.3. The van der Waals surface area contributed by atoms with E-state index in [1.54, 1.807) is 60.8 Å². The first-order valence-electron chi connectivity index (χ1n) is 11.1. The van der Waals surface area contributed by atoms with Crippen molar-refractivity contribution in [2.45, 2.75) is 33.2 Å². The summed E-state index contributed by atoms with van der Waals surface area (Å²) < 4.78 is 5.72. The van der Waals surface area contributed by atoms with E-state index in [-0.39, 0.29) is 11.3 Å². The van der Waals surface area contributed by atoms with E-state index in [0.29, 0.717) is 34.3 Å². The summed E-state index contributed by atoms with van der Waals surface area (Å²) in [5.41, 5.74) is 2.92. The molecule has 1 aliphatic rings. The van der Waals surface area contributed by atoms with Gasteiger partial charge in [-0.3, -0.25) is 19.5 Å². The molecule has 0 radical (unpaired) electrons. The van der Waals surface area contributed by atoms with Gasteiger partial charge >= 0.3 is 0 Å². The molecule has 0 aliphatic carbocycles. The van der Waals surface area contributed by atoms with Crippen LogP contribution in [0.2, 0.25) is 5.02 Å². The van der Waals surface area contributed by atoms with E-state index in [0.717, 1.165) is 17.5 Å². The molecule has 0 bridgehead atoms. The van der Waals surface area contributed by atoms with E-state index in [1.807, 2.05) is 20.8 Å². The van der Waals surface area contributed by atoms with Gasteiger partial charge in [0.05, 0.1) is 17.9 Å². The second kappa shape index (κ2) is 9.69. The van der Waals surface area contributed by atoms with Gasteiger partial charge in [0.1, 0.15) is 17.6 Å². The van der Waals surface area contributed by atoms with E-state index in [9.17, 15) is 14.7 Å². The Hall–Kier alpha value is -3.64. The summed E-state index contributed by atoms with van der Waals surface area (Å²) in [6.45, 7) is 6.30. The predicted molar refractivity (Wildman–Crippen MR) is 132 cm³/mol. The first-order chi connectivity index (χ1) is 16.3. The minimum absolute atomic E-state index is 0.0234. The Morgan fingerprint density at radius 2 is 1.88 bits per heavy atom. The van der Waals surface area contributed by atoms with Gasteiger partial charge in [-0.15, -0.1) is 0 Å². The summed E-state index contributed by atoms with van der Waals surface area (Å²) in [6.07, 6.45) is 2.46. The number of carbonyl (C=O) groups is 2. The van der Waals surface area contributed by atoms with Gasteiger partial charge < -0.3 is 9.84 Å². The number of hydrogen-bond donors (Lipinski definition) is 1. The zero-order valence-electron chi connectivity index (χ0n) is 19.2. The lowest BCUT2D eigenvalue weighted by Gasteiger charge is -2.26. The normalized spacial score (nSPS) is 17.3. The Kier molecular flexibility index (Phi) is 6.70. The van der Waals surface area contributed by atoms with Crippen LogP contribution in [0.4, 0.5) is 5.69 Å². The van der Waals surface area contributed by atoms with E-state index in [2.05, 4.69) is 4.98 Å². The fourth-order valence-electron chi connectivity index (χ4n) is 4.07. The van der Waals surface area contributed by atoms with E-state index in [1.165, 1.54) is 4.90 Å². The Balaban J connectivity index is 1.89. The first kappa shape index (κ1) is 23.5. The maximum atomic E-state index is 13.3. The summed E-state index contributed by atoms with van der Waals surface area (Å²) in [6, 6.07) is 14.7. The topological polar surface area (TPSA) is 79.7 Å². The average Bonchev–Trinajstić information content (AvgIpc) is 3.10. The molecular weight excluding hydrogens is 452 g/mol. The van der Waals surface area contributed by atoms with Gasteiger partial charge in [-0.25, -0.2) is 0 Å². The fourth-order valence-corrected chi connectivity index (χ4v) is 4.23. The molecular formula is C27H25ClN2O4. The van der Waals surface area contributed by atoms with Crippen molar-refractivity contribution in [3.63, 3.8) is 0 Å². The number of ketones is 1. The Bertz CT molecular complexity index is 1290. The monoisotopic (exact) mass is 476 g/mol. The third-order valence-electron chi connectivity index (χ3n) is 5.75. The van der Waals surface area contributed by atoms with Crippen LogP contribution in [0.3, 0.4) is 0 Å². The van der Waals surface area contributed by atoms with Crippen molar-refractivity contribution in [3.8, 4) is 5.75 Å². The SMILES string of the molecule is CCCOc1ccc(/C(O)=C2\C(=O)C(=O)N(c3cc(Cl)ccc3C)C2c2ccccn2)cc1C. The number of amides is 1. The molecule has 1 N–H and O–H groups in total. The largest absolute Gasteiger partial charge is 0.507 e. The van der Waals surface area contributed by atoms with Gasteiger partial charge in [-0.05, 0) is 73.9 Å². The smallest absolute Gasteiger partial charge is 0.300 e. The number of rotatable bonds is 6. The number of nitrogens with zero attached hydrogens (tertiary/aromatic N) is 2. The molecule has 4 rings (SSSR count). The number of aryl methyl sites for hydroxylation is 2. The molecule has 6 nitrogen and oxygen atoms in total. The quantitative estimate of drug-likeness (QED) is 0.277. The van der Waals surface area contributed by atoms with Crippen LogP contribution in [0.5, 0.6) is 5.75 Å². The van der Waals surface area contributed by atoms with Crippen LogP contribution < -0.4 is 9.64 Å². The van der Waals surface area contributed by atoms with Gasteiger partial charge in [0.15, 0.2) is 0 Å². The summed E-state index contributed by atoms with van der Waals surface area (Å²) in [5.74, 6) is -1.09. The number of halogens is 1. The Morgan fingerprint density at radius 1 is 1.09 bits per heavy atom. The number of benzene rings is 2. The van der Waals surface area contributed by atoms with Crippen LogP contribution in [0, 0.1) is 13.8 Å². The number of pyridine rings is 1. The van der Waals surface area contributed by atoms with Crippen LogP contribution in [0.15, 0.2) is 66.4 Å². The number of aliphatic hydroxyl groups is 1. The number of anilines is 1. The van der Waals surface area contributed by atoms with Gasteiger partial charge in [-0.2, -0.15) is 0 Å². The lowest BCUT2D eigenvalue weighted by Crippen LogP contribution is -2.30. The Labute approximate surface area is 203 Å². The van der Waals surface area contributed by atoms with Crippen LogP contribution in [-0.2, 0) is 9.59 Å². The molecule has 1 aromatic heterocycles. The average molecular weight is 477 g/mol. The summed E-state index contributed by atoms with van der Waals surface area (Å²) >= 11 is 6.22. The second-order valence-electron chi connectivity index (χ2n) is 8.18. The molecule has 1 saturated heterocycles. The molecule has 2 heterocycles. The second-order valence-corrected chi connectivity index (χ2v) is 8.62. The molecule has 1 fully saturated rings. The zero-order valence-corrected chi connectivity index (χ0v) is 20.0. The van der Waals surface area contributed by atoms with Crippen molar-refractivity contribution in [1.29, 1.82) is 0 Å². The number of Topliss-reactive ketones (excluding diaryl/α,β-unsaturated/α-hetero) is 1. The minimum atomic E-state index is -0.908. The summed E-state index contributed by atoms with van der Waals surface area (Å²) in [5, 5.41) is 11.7. The lowest BCUT2D eigenvalue weighted by atomic mass is 9.97. The third-order valence-corrected chi connectivity index (χ3v) is 5.99. The van der Waals surface area contributed by atoms with Crippen LogP contribution in [0.25, 0.3) is 5.76 Å². The van der Waals surface area contributed by atoms with E-state index >= 15 is 0 Å². The van der Waals surface area contributed by atoms with Crippen LogP contribution in [0.1, 0.15) is 41.8 Å². The maximum Gasteiger partial charge on any atom is 0.300 e. The molecule has 1 amide bonds. The summed E-state index contributed by atoms with van der Waals surface area (Å²) in [7, 11) is 0. The van der Waals surface area contributed by atoms with Gasteiger partial charge in [0.25, 0.3) is 11.7 Å². The standard InChI is InChI=1S/C27H25ClN2O4/c1-4-13-34-22-11-9-18(14-17(22)3)25(31)23-24(20-7-5-6-12-29-20)30(27(33)26(23)32)21-15-19(28)10-8-16(21)2/h5-12,14-15,24,31H,4,13H2,1-3H3/b25-23+. The van der Waals surface area contributed by atoms with Gasteiger partial charge in [0.2, 0.25) is 0 Å². The number of aromatic nitrogens is 1. The van der Waals surface area contributed by atoms with Crippen molar-refractivity contribution in [2.24, 2.45) is 0 Å². The van der Waals surface area contributed by atoms with Crippen LogP contribution >= 0.6 is 11.6 Å². The van der Waals surface area contributed by atoms with Crippen molar-refractivity contribution < 1.29 is 19.4 Å². The molecule has 34 heavy (non-hydrogen) atoms. The van der Waals surface area contributed by atoms with Crippen molar-refractivity contribution in [1.82, 2.24) is 4.98 Å². The first-order valence-corrected chi connectivity index (χ1v) is 11.4. The highest BCUT2D eigenvalue weighted by atomic mass is 35.5. The number of aliphatic hydroxyl groups excluding tert-OH is 1. The van der Waals surface area contributed by atoms with Crippen molar-refractivity contribution in [3.05, 3.63) is 93.8 Å². The number of hydrogen-bond acceptors (Lipinski definition) is 5. The van der Waals surface area contributed by atoms with Crippen molar-refractivity contribution >= 4 is 34.7 Å². The van der Waals surface area contributed by atoms with Crippen molar-refractivity contribution in [2.75, 3.05) is 11.5 Å². The molecule has 174 valence electrons. The lowest BCUT2D eigenvalue weighted by molar-refractivity contribution is -0.132. The number of ether oxygens (including phenoxy) is 1. The van der Waals surface area contributed by atoms with E-state index < -0.39 is 17.7 Å². The summed E-state index contributed by atoms with van der Waals surface area (Å²) in [4.78, 5) is 32.3. The zero-order chi connectivity index (χ0) is 24.4. The molecule has 0 saturated carbocycles.